The van der Waals surface area contributed by atoms with E-state index in [-0.39, 0.29) is 22.6 Å². The summed E-state index contributed by atoms with van der Waals surface area (Å²) in [6.45, 7) is 1.92. The van der Waals surface area contributed by atoms with E-state index in [0.717, 1.165) is 0 Å². The molecule has 0 bridgehead atoms. The van der Waals surface area contributed by atoms with Crippen molar-refractivity contribution in [2.45, 2.75) is 23.9 Å². The molecule has 1 aliphatic heterocycles. The lowest BCUT2D eigenvalue weighted by Crippen LogP contribution is -2.43. The summed E-state index contributed by atoms with van der Waals surface area (Å²) in [4.78, 5) is 35.7. The molecule has 2 amide bonds. The molecule has 2 aromatic rings. The van der Waals surface area contributed by atoms with Gasteiger partial charge < -0.3 is 24.8 Å². The number of nitrogens with one attached hydrogen (secondary N) is 2. The molecular weight excluding hydrogens is 559 g/mol. The van der Waals surface area contributed by atoms with Crippen molar-refractivity contribution in [1.29, 1.82) is 0 Å². The van der Waals surface area contributed by atoms with Gasteiger partial charge in [-0.3, -0.25) is 14.3 Å². The second kappa shape index (κ2) is 14.5. The number of halogens is 3. The zero-order chi connectivity index (χ0) is 29.9. The Bertz CT molecular complexity index is 1260. The molecule has 1 fully saturated rings. The van der Waals surface area contributed by atoms with Crippen LogP contribution in [0.15, 0.2) is 53.4 Å². The van der Waals surface area contributed by atoms with Crippen molar-refractivity contribution >= 4 is 33.5 Å². The topological polar surface area (TPSA) is 151 Å². The number of amides is 2. The molecule has 0 radical (unpaired) electrons. The zero-order valence-corrected chi connectivity index (χ0v) is 22.5. The molecule has 1 saturated heterocycles. The standard InChI is InChI=1S/C23H29N3O6S.C2HF3O2/c1-31-15-12-24-22(27)17-10-13-26(14-11-17)23(28)18-6-8-19(9-7-18)25-33(29,30)21-5-3-4-20(16-21)32-2;3-2(4,5)1(6)7/h3-9,16-17,25H,10-15H2,1-2H3,(H,24,27);(H,6,7). The molecule has 0 atom stereocenters. The van der Waals surface area contributed by atoms with Crippen LogP contribution in [0.25, 0.3) is 0 Å². The van der Waals surface area contributed by atoms with E-state index < -0.39 is 22.2 Å². The average Bonchev–Trinajstić information content (AvgIpc) is 2.93. The summed E-state index contributed by atoms with van der Waals surface area (Å²) in [6.07, 6.45) is -3.88. The lowest BCUT2D eigenvalue weighted by molar-refractivity contribution is -0.192. The number of carbonyl (C=O) groups is 3. The van der Waals surface area contributed by atoms with Gasteiger partial charge in [-0.2, -0.15) is 13.2 Å². The van der Waals surface area contributed by atoms with E-state index in [1.165, 1.54) is 19.2 Å². The monoisotopic (exact) mass is 589 g/mol. The maximum Gasteiger partial charge on any atom is 0.490 e. The van der Waals surface area contributed by atoms with E-state index in [2.05, 4.69) is 10.0 Å². The molecule has 220 valence electrons. The highest BCUT2D eigenvalue weighted by Crippen LogP contribution is 2.23. The number of carboxylic acids is 1. The summed E-state index contributed by atoms with van der Waals surface area (Å²) >= 11 is 0. The van der Waals surface area contributed by atoms with Crippen LogP contribution in [-0.2, 0) is 24.3 Å². The summed E-state index contributed by atoms with van der Waals surface area (Å²) in [5, 5.41) is 9.97. The molecule has 2 aromatic carbocycles. The average molecular weight is 590 g/mol. The van der Waals surface area contributed by atoms with E-state index in [1.807, 2.05) is 0 Å². The molecule has 40 heavy (non-hydrogen) atoms. The Morgan fingerprint density at radius 2 is 1.65 bits per heavy atom. The van der Waals surface area contributed by atoms with Gasteiger partial charge in [0.25, 0.3) is 15.9 Å². The van der Waals surface area contributed by atoms with Gasteiger partial charge in [0, 0.05) is 50.0 Å². The third-order valence-electron chi connectivity index (χ3n) is 5.74. The number of methoxy groups -OCH3 is 2. The number of rotatable bonds is 9. The first kappa shape index (κ1) is 32.4. The molecule has 1 aliphatic rings. The van der Waals surface area contributed by atoms with E-state index in [9.17, 15) is 31.2 Å². The Labute approximate surface area is 229 Å². The summed E-state index contributed by atoms with van der Waals surface area (Å²) in [6, 6.07) is 12.5. The lowest BCUT2D eigenvalue weighted by atomic mass is 9.95. The summed E-state index contributed by atoms with van der Waals surface area (Å²) < 4.78 is 69.5. The quantitative estimate of drug-likeness (QED) is 0.378. The third kappa shape index (κ3) is 9.72. The highest BCUT2D eigenvalue weighted by molar-refractivity contribution is 7.92. The van der Waals surface area contributed by atoms with Gasteiger partial charge in [0.15, 0.2) is 0 Å². The number of hydrogen-bond acceptors (Lipinski definition) is 7. The number of carbonyl (C=O) groups excluding carboxylic acids is 2. The first-order valence-corrected chi connectivity index (χ1v) is 13.4. The van der Waals surface area contributed by atoms with E-state index in [1.54, 1.807) is 48.4 Å². The second-order valence-electron chi connectivity index (χ2n) is 8.52. The van der Waals surface area contributed by atoms with Crippen LogP contribution in [0.4, 0.5) is 18.9 Å². The van der Waals surface area contributed by atoms with Gasteiger partial charge in [-0.05, 0) is 49.2 Å². The van der Waals surface area contributed by atoms with E-state index in [0.29, 0.717) is 56.1 Å². The summed E-state index contributed by atoms with van der Waals surface area (Å²) in [5.74, 6) is -2.58. The smallest absolute Gasteiger partial charge is 0.490 e. The number of likely N-dealkylation sites (tertiary alicyclic amines) is 1. The minimum Gasteiger partial charge on any atom is -0.497 e. The molecule has 3 rings (SSSR count). The van der Waals surface area contributed by atoms with Crippen molar-refractivity contribution in [2.75, 3.05) is 45.2 Å². The molecule has 0 spiro atoms. The first-order chi connectivity index (χ1) is 18.8. The number of nitrogens with zero attached hydrogens (tertiary/aromatic N) is 1. The van der Waals surface area contributed by atoms with Crippen molar-refractivity contribution in [2.24, 2.45) is 5.92 Å². The molecule has 0 aliphatic carbocycles. The fourth-order valence-corrected chi connectivity index (χ4v) is 4.70. The van der Waals surface area contributed by atoms with Crippen molar-refractivity contribution in [1.82, 2.24) is 10.2 Å². The van der Waals surface area contributed by atoms with Crippen LogP contribution in [0.5, 0.6) is 5.75 Å². The summed E-state index contributed by atoms with van der Waals surface area (Å²) in [5.41, 5.74) is 0.808. The normalized spacial score (nSPS) is 14.0. The SMILES string of the molecule is COCCNC(=O)C1CCN(C(=O)c2ccc(NS(=O)(=O)c3cccc(OC)c3)cc2)CC1.O=C(O)C(F)(F)F. The number of sulfonamides is 1. The fraction of sp³-hybridized carbons (Fsp3) is 0.400. The molecule has 0 unspecified atom stereocenters. The number of alkyl halides is 3. The van der Waals surface area contributed by atoms with Crippen LogP contribution < -0.4 is 14.8 Å². The van der Waals surface area contributed by atoms with E-state index >= 15 is 0 Å². The molecule has 0 saturated carbocycles. The molecule has 15 heteroatoms. The maximum absolute atomic E-state index is 12.8. The Hall–Kier alpha value is -3.85. The second-order valence-corrected chi connectivity index (χ2v) is 10.2. The fourth-order valence-electron chi connectivity index (χ4n) is 3.61. The highest BCUT2D eigenvalue weighted by atomic mass is 32.2. The van der Waals surface area contributed by atoms with Gasteiger partial charge in [0.2, 0.25) is 5.91 Å². The first-order valence-electron chi connectivity index (χ1n) is 11.9. The van der Waals surface area contributed by atoms with Gasteiger partial charge in [-0.1, -0.05) is 6.07 Å². The van der Waals surface area contributed by atoms with E-state index in [4.69, 9.17) is 19.4 Å². The lowest BCUT2D eigenvalue weighted by Gasteiger charge is -2.31. The minimum absolute atomic E-state index is 0.00757. The van der Waals surface area contributed by atoms with Gasteiger partial charge in [0.1, 0.15) is 5.75 Å². The number of benzene rings is 2. The van der Waals surface area contributed by atoms with Gasteiger partial charge in [-0.15, -0.1) is 0 Å². The number of carboxylic acid groups (broad SMARTS) is 1. The van der Waals surface area contributed by atoms with Gasteiger partial charge >= 0.3 is 12.1 Å². The van der Waals surface area contributed by atoms with Gasteiger partial charge in [0.05, 0.1) is 18.6 Å². The van der Waals surface area contributed by atoms with Crippen LogP contribution in [0.3, 0.4) is 0 Å². The number of hydrogen-bond donors (Lipinski definition) is 3. The predicted molar refractivity (Wildman–Crippen MR) is 137 cm³/mol. The van der Waals surface area contributed by atoms with Crippen LogP contribution in [-0.4, -0.2) is 82.8 Å². The van der Waals surface area contributed by atoms with Crippen molar-refractivity contribution in [3.63, 3.8) is 0 Å². The number of aliphatic carboxylic acids is 1. The predicted octanol–water partition coefficient (Wildman–Crippen LogP) is 2.74. The highest BCUT2D eigenvalue weighted by Gasteiger charge is 2.38. The van der Waals surface area contributed by atoms with Gasteiger partial charge in [-0.25, -0.2) is 13.2 Å². The van der Waals surface area contributed by atoms with Crippen molar-refractivity contribution in [3.05, 3.63) is 54.1 Å². The van der Waals surface area contributed by atoms with Crippen LogP contribution in [0.1, 0.15) is 23.2 Å². The van der Waals surface area contributed by atoms with Crippen LogP contribution in [0.2, 0.25) is 0 Å². The number of ether oxygens (including phenoxy) is 2. The molecular formula is C25H30F3N3O8S. The molecule has 0 aromatic heterocycles. The molecule has 1 heterocycles. The van der Waals surface area contributed by atoms with Crippen LogP contribution in [0, 0.1) is 5.92 Å². The number of anilines is 1. The molecule has 11 nitrogen and oxygen atoms in total. The minimum atomic E-state index is -5.08. The van der Waals surface area contributed by atoms with Crippen molar-refractivity contribution in [3.8, 4) is 5.75 Å². The Kier molecular flexibility index (Phi) is 11.7. The number of piperidine rings is 1. The Morgan fingerprint density at radius 3 is 2.17 bits per heavy atom. The molecule has 3 N–H and O–H groups in total. The Morgan fingerprint density at radius 1 is 1.05 bits per heavy atom. The largest absolute Gasteiger partial charge is 0.497 e. The third-order valence-corrected chi connectivity index (χ3v) is 7.12. The van der Waals surface area contributed by atoms with Crippen molar-refractivity contribution < 1.29 is 50.6 Å². The van der Waals surface area contributed by atoms with Crippen LogP contribution >= 0.6 is 0 Å². The Balaban J connectivity index is 0.000000708. The summed E-state index contributed by atoms with van der Waals surface area (Å²) in [7, 11) is -0.744. The zero-order valence-electron chi connectivity index (χ0n) is 21.7. The maximum atomic E-state index is 12.8.